The van der Waals surface area contributed by atoms with E-state index in [-0.39, 0.29) is 35.0 Å². The van der Waals surface area contributed by atoms with Crippen LogP contribution in [-0.4, -0.2) is 59.4 Å². The highest BCUT2D eigenvalue weighted by atomic mass is 32.2. The van der Waals surface area contributed by atoms with Crippen LogP contribution in [0.4, 0.5) is 4.39 Å². The second-order valence-corrected chi connectivity index (χ2v) is 9.12. The van der Waals surface area contributed by atoms with E-state index in [0.29, 0.717) is 12.0 Å². The number of carboxylic acids is 1. The SMILES string of the molecule is O=C(O)CN(Cc1ccc(F)cc1)C(=O)CSC1CCS(=O)(=O)C1. The van der Waals surface area contributed by atoms with Crippen molar-refractivity contribution in [2.45, 2.75) is 18.2 Å². The van der Waals surface area contributed by atoms with Gasteiger partial charge in [0.25, 0.3) is 0 Å². The number of halogens is 1. The summed E-state index contributed by atoms with van der Waals surface area (Å²) in [7, 11) is -3.01. The van der Waals surface area contributed by atoms with Crippen molar-refractivity contribution < 1.29 is 27.5 Å². The number of sulfone groups is 1. The Labute approximate surface area is 144 Å². The third-order valence-corrected chi connectivity index (χ3v) is 6.87. The van der Waals surface area contributed by atoms with Crippen molar-refractivity contribution in [2.24, 2.45) is 0 Å². The topological polar surface area (TPSA) is 91.8 Å². The van der Waals surface area contributed by atoms with Crippen molar-refractivity contribution in [1.82, 2.24) is 4.90 Å². The van der Waals surface area contributed by atoms with Crippen LogP contribution < -0.4 is 0 Å². The molecule has 0 bridgehead atoms. The van der Waals surface area contributed by atoms with Gasteiger partial charge in [-0.1, -0.05) is 12.1 Å². The Morgan fingerprint density at radius 3 is 2.50 bits per heavy atom. The van der Waals surface area contributed by atoms with Crippen molar-refractivity contribution in [1.29, 1.82) is 0 Å². The van der Waals surface area contributed by atoms with Crippen LogP contribution in [0.5, 0.6) is 0 Å². The van der Waals surface area contributed by atoms with Crippen LogP contribution >= 0.6 is 11.8 Å². The van der Waals surface area contributed by atoms with E-state index < -0.39 is 28.2 Å². The number of amides is 1. The molecule has 0 aromatic heterocycles. The van der Waals surface area contributed by atoms with Crippen molar-refractivity contribution >= 4 is 33.5 Å². The van der Waals surface area contributed by atoms with Gasteiger partial charge in [0.05, 0.1) is 17.3 Å². The zero-order valence-electron chi connectivity index (χ0n) is 12.9. The van der Waals surface area contributed by atoms with Crippen molar-refractivity contribution in [3.8, 4) is 0 Å². The van der Waals surface area contributed by atoms with Crippen molar-refractivity contribution in [3.63, 3.8) is 0 Å². The minimum absolute atomic E-state index is 0.0225. The summed E-state index contributed by atoms with van der Waals surface area (Å²) >= 11 is 1.24. The van der Waals surface area contributed by atoms with E-state index in [2.05, 4.69) is 0 Å². The van der Waals surface area contributed by atoms with Crippen LogP contribution in [0.3, 0.4) is 0 Å². The van der Waals surface area contributed by atoms with Gasteiger partial charge < -0.3 is 10.0 Å². The molecule has 6 nitrogen and oxygen atoms in total. The van der Waals surface area contributed by atoms with Crippen molar-refractivity contribution in [3.05, 3.63) is 35.6 Å². The molecule has 1 aromatic rings. The maximum absolute atomic E-state index is 12.9. The molecular formula is C15H18FNO5S2. The number of hydrogen-bond donors (Lipinski definition) is 1. The summed E-state index contributed by atoms with van der Waals surface area (Å²) in [6.07, 6.45) is 0.511. The van der Waals surface area contributed by atoms with E-state index in [1.54, 1.807) is 0 Å². The molecule has 0 aliphatic carbocycles. The van der Waals surface area contributed by atoms with Crippen LogP contribution in [0.25, 0.3) is 0 Å². The zero-order chi connectivity index (χ0) is 17.7. The average Bonchev–Trinajstić information content (AvgIpc) is 2.85. The molecule has 1 unspecified atom stereocenters. The second-order valence-electron chi connectivity index (χ2n) is 5.61. The van der Waals surface area contributed by atoms with E-state index in [1.807, 2.05) is 0 Å². The lowest BCUT2D eigenvalue weighted by atomic mass is 10.2. The number of carbonyl (C=O) groups excluding carboxylic acids is 1. The van der Waals surface area contributed by atoms with Crippen LogP contribution in [0.15, 0.2) is 24.3 Å². The highest BCUT2D eigenvalue weighted by Crippen LogP contribution is 2.24. The summed E-state index contributed by atoms with van der Waals surface area (Å²) in [5.41, 5.74) is 0.624. The fourth-order valence-electron chi connectivity index (χ4n) is 2.38. The van der Waals surface area contributed by atoms with E-state index in [1.165, 1.54) is 40.9 Å². The predicted octanol–water partition coefficient (Wildman–Crippen LogP) is 1.16. The molecule has 9 heteroatoms. The van der Waals surface area contributed by atoms with E-state index in [4.69, 9.17) is 5.11 Å². The molecule has 1 fully saturated rings. The molecule has 1 N–H and O–H groups in total. The fraction of sp³-hybridized carbons (Fsp3) is 0.467. The van der Waals surface area contributed by atoms with Gasteiger partial charge in [0.2, 0.25) is 5.91 Å². The summed E-state index contributed by atoms with van der Waals surface area (Å²) in [5, 5.41) is 8.83. The molecule has 132 valence electrons. The van der Waals surface area contributed by atoms with Gasteiger partial charge in [0, 0.05) is 11.8 Å². The summed E-state index contributed by atoms with van der Waals surface area (Å²) in [6.45, 7) is -0.394. The van der Waals surface area contributed by atoms with Gasteiger partial charge in [-0.2, -0.15) is 0 Å². The van der Waals surface area contributed by atoms with Gasteiger partial charge in [-0.15, -0.1) is 11.8 Å². The molecule has 1 aliphatic heterocycles. The first kappa shape index (κ1) is 18.7. The molecule has 1 heterocycles. The molecule has 1 saturated heterocycles. The van der Waals surface area contributed by atoms with E-state index in [0.717, 1.165) is 0 Å². The number of carbonyl (C=O) groups is 2. The lowest BCUT2D eigenvalue weighted by Gasteiger charge is -2.21. The summed E-state index contributed by atoms with van der Waals surface area (Å²) in [5.74, 6) is -1.72. The van der Waals surface area contributed by atoms with Gasteiger partial charge in [-0.05, 0) is 24.1 Å². The highest BCUT2D eigenvalue weighted by Gasteiger charge is 2.29. The monoisotopic (exact) mass is 375 g/mol. The first-order chi connectivity index (χ1) is 11.2. The third kappa shape index (κ3) is 5.79. The predicted molar refractivity (Wildman–Crippen MR) is 89.0 cm³/mol. The molecular weight excluding hydrogens is 357 g/mol. The number of carboxylic acid groups (broad SMARTS) is 1. The molecule has 24 heavy (non-hydrogen) atoms. The minimum atomic E-state index is -3.01. The Morgan fingerprint density at radius 2 is 1.96 bits per heavy atom. The van der Waals surface area contributed by atoms with Gasteiger partial charge >= 0.3 is 5.97 Å². The largest absolute Gasteiger partial charge is 0.480 e. The quantitative estimate of drug-likeness (QED) is 0.769. The summed E-state index contributed by atoms with van der Waals surface area (Å²) in [6, 6.07) is 5.48. The number of nitrogens with zero attached hydrogens (tertiary/aromatic N) is 1. The number of hydrogen-bond acceptors (Lipinski definition) is 5. The maximum Gasteiger partial charge on any atom is 0.323 e. The minimum Gasteiger partial charge on any atom is -0.480 e. The van der Waals surface area contributed by atoms with Gasteiger partial charge in [-0.3, -0.25) is 9.59 Å². The van der Waals surface area contributed by atoms with Gasteiger partial charge in [0.1, 0.15) is 12.4 Å². The average molecular weight is 375 g/mol. The maximum atomic E-state index is 12.9. The van der Waals surface area contributed by atoms with Crippen LogP contribution in [0.1, 0.15) is 12.0 Å². The summed E-state index contributed by atoms with van der Waals surface area (Å²) < 4.78 is 35.8. The van der Waals surface area contributed by atoms with E-state index >= 15 is 0 Å². The standard InChI is InChI=1S/C15H18FNO5S2/c16-12-3-1-11(2-4-12)7-17(8-15(19)20)14(18)9-23-13-5-6-24(21,22)10-13/h1-4,13H,5-10H2,(H,19,20). The molecule has 1 atom stereocenters. The number of thioether (sulfide) groups is 1. The Bertz CT molecular complexity index is 705. The van der Waals surface area contributed by atoms with E-state index in [9.17, 15) is 22.4 Å². The lowest BCUT2D eigenvalue weighted by molar-refractivity contribution is -0.143. The lowest BCUT2D eigenvalue weighted by Crippen LogP contribution is -2.36. The van der Waals surface area contributed by atoms with Crippen LogP contribution in [0.2, 0.25) is 0 Å². The Balaban J connectivity index is 1.94. The molecule has 0 radical (unpaired) electrons. The van der Waals surface area contributed by atoms with Gasteiger partial charge in [-0.25, -0.2) is 12.8 Å². The molecule has 1 aliphatic rings. The molecule has 2 rings (SSSR count). The first-order valence-electron chi connectivity index (χ1n) is 7.31. The zero-order valence-corrected chi connectivity index (χ0v) is 14.5. The Kier molecular flexibility index (Phi) is 6.22. The van der Waals surface area contributed by atoms with Crippen LogP contribution in [-0.2, 0) is 26.0 Å². The normalized spacial score (nSPS) is 19.1. The molecule has 1 amide bonds. The Morgan fingerprint density at radius 1 is 1.29 bits per heavy atom. The second kappa shape index (κ2) is 7.98. The molecule has 0 spiro atoms. The fourth-order valence-corrected chi connectivity index (χ4v) is 5.92. The smallest absolute Gasteiger partial charge is 0.323 e. The number of benzene rings is 1. The van der Waals surface area contributed by atoms with Crippen molar-refractivity contribution in [2.75, 3.05) is 23.8 Å². The molecule has 1 aromatic carbocycles. The Hall–Kier alpha value is -1.61. The number of rotatable bonds is 7. The molecule has 0 saturated carbocycles. The number of aliphatic carboxylic acids is 1. The first-order valence-corrected chi connectivity index (χ1v) is 10.2. The summed E-state index contributed by atoms with van der Waals surface area (Å²) in [4.78, 5) is 24.4. The van der Waals surface area contributed by atoms with Gasteiger partial charge in [0.15, 0.2) is 9.84 Å². The third-order valence-electron chi connectivity index (χ3n) is 3.60. The highest BCUT2D eigenvalue weighted by molar-refractivity contribution is 8.02. The van der Waals surface area contributed by atoms with Crippen LogP contribution in [0, 0.1) is 5.82 Å².